The fourth-order valence-electron chi connectivity index (χ4n) is 7.16. The average Bonchev–Trinajstić information content (AvgIpc) is 4.02. The van der Waals surface area contributed by atoms with E-state index in [1.165, 1.54) is 15.2 Å². The van der Waals surface area contributed by atoms with Crippen molar-refractivity contribution in [3.63, 3.8) is 0 Å². The molecule has 3 heteroatoms. The quantitative estimate of drug-likeness (QED) is 0.183. The van der Waals surface area contributed by atoms with Crippen molar-refractivity contribution in [3.05, 3.63) is 182 Å². The van der Waals surface area contributed by atoms with Crippen molar-refractivity contribution in [2.45, 2.75) is 0 Å². The van der Waals surface area contributed by atoms with E-state index < -0.39 is 96.7 Å². The smallest absolute Gasteiger partial charge is 0.135 e. The number of rotatable bonds is 4. The molecule has 0 amide bonds. The molecule has 238 valence electrons. The summed E-state index contributed by atoms with van der Waals surface area (Å²) in [7, 11) is 0. The molecule has 0 spiro atoms. The minimum absolute atomic E-state index is 0.0934. The minimum Gasteiger partial charge on any atom is -0.456 e. The predicted molar refractivity (Wildman–Crippen MR) is 213 cm³/mol. The van der Waals surface area contributed by atoms with Crippen LogP contribution in [0.1, 0.15) is 21.9 Å². The van der Waals surface area contributed by atoms with Gasteiger partial charge in [-0.1, -0.05) is 115 Å². The Labute approximate surface area is 316 Å². The summed E-state index contributed by atoms with van der Waals surface area (Å²) in [4.78, 5) is 0. The molecule has 0 saturated carbocycles. The highest BCUT2D eigenvalue weighted by Gasteiger charge is 2.17. The second-order valence-corrected chi connectivity index (χ2v) is 12.2. The van der Waals surface area contributed by atoms with E-state index in [1.54, 1.807) is 12.1 Å². The molecule has 0 radical (unpaired) electrons. The van der Waals surface area contributed by atoms with Crippen molar-refractivity contribution in [1.29, 1.82) is 0 Å². The first-order chi connectivity index (χ1) is 31.9. The zero-order valence-corrected chi connectivity index (χ0v) is 26.4. The normalized spacial score (nSPS) is 16.3. The van der Waals surface area contributed by atoms with Crippen LogP contribution in [0, 0.1) is 0 Å². The van der Waals surface area contributed by atoms with Crippen LogP contribution in [-0.2, 0) is 0 Å². The SMILES string of the molecule is [2H]c1c([2H])c([2H])c2c(c1[2H])c1c([2H])c([2H])c([2H])c([2H])c1n2-c1cc(-c2cccc(-c3ccc4oc5ccccc5c4c3)c2)cc(-n2c3c([2H])c([2H])c([2H])c([2H])c3c3c([2H])c([2H])c([2H])c([2H])c32)c1. The van der Waals surface area contributed by atoms with Crippen LogP contribution in [0.2, 0.25) is 0 Å². The van der Waals surface area contributed by atoms with Gasteiger partial charge in [0.25, 0.3) is 0 Å². The number of aromatic nitrogens is 2. The maximum atomic E-state index is 9.23. The van der Waals surface area contributed by atoms with Crippen molar-refractivity contribution in [2.75, 3.05) is 0 Å². The molecule has 3 heterocycles. The van der Waals surface area contributed by atoms with E-state index >= 15 is 0 Å². The summed E-state index contributed by atoms with van der Waals surface area (Å²) in [6, 6.07) is 16.5. The molecule has 11 rings (SSSR count). The summed E-state index contributed by atoms with van der Waals surface area (Å²) in [5.41, 5.74) is 3.53. The Balaban J connectivity index is 1.31. The molecule has 8 aromatic carbocycles. The lowest BCUT2D eigenvalue weighted by Gasteiger charge is -2.16. The second kappa shape index (κ2) is 10.8. The molecule has 0 aliphatic heterocycles. The van der Waals surface area contributed by atoms with E-state index in [4.69, 9.17) is 20.9 Å². The van der Waals surface area contributed by atoms with Gasteiger partial charge in [0.05, 0.1) is 44.0 Å². The Bertz CT molecular complexity index is 3740. The van der Waals surface area contributed by atoms with Gasteiger partial charge < -0.3 is 13.6 Å². The highest BCUT2D eigenvalue weighted by molar-refractivity contribution is 6.11. The fraction of sp³-hybridized carbons (Fsp3) is 0. The number of hydrogen-bond donors (Lipinski definition) is 0. The first kappa shape index (κ1) is 16.7. The lowest BCUT2D eigenvalue weighted by Crippen LogP contribution is -2.00. The van der Waals surface area contributed by atoms with E-state index in [9.17, 15) is 5.48 Å². The van der Waals surface area contributed by atoms with Gasteiger partial charge in [0.1, 0.15) is 11.2 Å². The van der Waals surface area contributed by atoms with Gasteiger partial charge >= 0.3 is 0 Å². The van der Waals surface area contributed by atoms with Crippen LogP contribution >= 0.6 is 0 Å². The molecule has 0 bridgehead atoms. The number of hydrogen-bond acceptors (Lipinski definition) is 1. The summed E-state index contributed by atoms with van der Waals surface area (Å²) in [6.07, 6.45) is 0. The number of benzene rings is 8. The lowest BCUT2D eigenvalue weighted by molar-refractivity contribution is 0.669. The highest BCUT2D eigenvalue weighted by atomic mass is 16.3. The minimum atomic E-state index is -0.627. The van der Waals surface area contributed by atoms with E-state index in [-0.39, 0.29) is 55.0 Å². The van der Waals surface area contributed by atoms with Crippen LogP contribution in [-0.4, -0.2) is 9.13 Å². The topological polar surface area (TPSA) is 23.0 Å². The van der Waals surface area contributed by atoms with E-state index in [2.05, 4.69) is 0 Å². The first-order valence-electron chi connectivity index (χ1n) is 24.1. The third kappa shape index (κ3) is 4.25. The molecular weight excluding hydrogens is 621 g/mol. The van der Waals surface area contributed by atoms with Gasteiger partial charge in [0.2, 0.25) is 0 Å². The molecule has 0 unspecified atom stereocenters. The maximum absolute atomic E-state index is 9.23. The molecule has 3 aromatic heterocycles. The number of furan rings is 1. The average molecular weight is 667 g/mol. The summed E-state index contributed by atoms with van der Waals surface area (Å²) < 4.78 is 151. The second-order valence-electron chi connectivity index (χ2n) is 12.2. The highest BCUT2D eigenvalue weighted by Crippen LogP contribution is 2.39. The number of nitrogens with zero attached hydrogens (tertiary/aromatic N) is 2. The largest absolute Gasteiger partial charge is 0.456 e. The van der Waals surface area contributed by atoms with Crippen molar-refractivity contribution >= 4 is 65.6 Å². The van der Waals surface area contributed by atoms with Crippen LogP contribution < -0.4 is 0 Å². The fourth-order valence-corrected chi connectivity index (χ4v) is 7.16. The van der Waals surface area contributed by atoms with Crippen LogP contribution in [0.15, 0.2) is 186 Å². The molecular formula is C48H30N2O. The van der Waals surface area contributed by atoms with Crippen LogP contribution in [0.4, 0.5) is 0 Å². The number of para-hydroxylation sites is 5. The molecule has 0 saturated heterocycles. The van der Waals surface area contributed by atoms with Crippen molar-refractivity contribution in [2.24, 2.45) is 0 Å². The first-order valence-corrected chi connectivity index (χ1v) is 16.1. The zero-order valence-electron chi connectivity index (χ0n) is 42.4. The third-order valence-electron chi connectivity index (χ3n) is 9.39. The summed E-state index contributed by atoms with van der Waals surface area (Å²) in [6.45, 7) is 0. The van der Waals surface area contributed by atoms with Gasteiger partial charge in [-0.15, -0.1) is 0 Å². The zero-order chi connectivity index (χ0) is 47.4. The van der Waals surface area contributed by atoms with Gasteiger partial charge in [-0.25, -0.2) is 0 Å². The Hall–Kier alpha value is -6.84. The van der Waals surface area contributed by atoms with Gasteiger partial charge in [-0.2, -0.15) is 0 Å². The Kier molecular flexibility index (Phi) is 3.55. The van der Waals surface area contributed by atoms with E-state index in [0.717, 1.165) is 27.5 Å². The molecule has 11 aromatic rings. The van der Waals surface area contributed by atoms with E-state index in [1.807, 2.05) is 66.7 Å². The van der Waals surface area contributed by atoms with Crippen molar-refractivity contribution < 1.29 is 26.3 Å². The molecule has 0 N–H and O–H groups in total. The predicted octanol–water partition coefficient (Wildman–Crippen LogP) is 13.1. The Morgan fingerprint density at radius 3 is 1.39 bits per heavy atom. The van der Waals surface area contributed by atoms with Crippen LogP contribution in [0.5, 0.6) is 0 Å². The standard InChI is InChI=1S/C48H30N2O/c1-6-19-43-37(14-1)38-15-2-7-20-44(38)49(43)35-27-34(28-36(30-35)50-45-21-8-3-16-39(45)40-17-4-9-22-46(40)50)32-13-11-12-31(26-32)33-24-25-48-42(29-33)41-18-5-10-23-47(41)51-48/h1-30H/i1D,2D,3D,4D,6D,7D,8D,9D,14D,15D,16D,17D,19D,20D,21D,22D. The van der Waals surface area contributed by atoms with E-state index in [0.29, 0.717) is 16.7 Å². The lowest BCUT2D eigenvalue weighted by atomic mass is 9.97. The Morgan fingerprint density at radius 2 is 0.824 bits per heavy atom. The monoisotopic (exact) mass is 666 g/mol. The van der Waals surface area contributed by atoms with Gasteiger partial charge in [0, 0.05) is 43.7 Å². The summed E-state index contributed by atoms with van der Waals surface area (Å²) >= 11 is 0. The van der Waals surface area contributed by atoms with Gasteiger partial charge in [-0.3, -0.25) is 0 Å². The molecule has 0 atom stereocenters. The summed E-state index contributed by atoms with van der Waals surface area (Å²) in [5, 5.41) is 1.17. The molecule has 0 aliphatic carbocycles. The van der Waals surface area contributed by atoms with Crippen LogP contribution in [0.25, 0.3) is 99.2 Å². The molecule has 0 aliphatic rings. The van der Waals surface area contributed by atoms with Crippen molar-refractivity contribution in [1.82, 2.24) is 9.13 Å². The molecule has 3 nitrogen and oxygen atoms in total. The molecule has 0 fully saturated rings. The Morgan fingerprint density at radius 1 is 0.353 bits per heavy atom. The van der Waals surface area contributed by atoms with Crippen LogP contribution in [0.3, 0.4) is 0 Å². The van der Waals surface area contributed by atoms with Gasteiger partial charge in [0.15, 0.2) is 0 Å². The van der Waals surface area contributed by atoms with Crippen molar-refractivity contribution in [3.8, 4) is 33.6 Å². The van der Waals surface area contributed by atoms with Gasteiger partial charge in [-0.05, 0) is 88.9 Å². The molecule has 51 heavy (non-hydrogen) atoms. The summed E-state index contributed by atoms with van der Waals surface area (Å²) in [5.74, 6) is 0. The number of fused-ring (bicyclic) bond motifs is 9. The maximum Gasteiger partial charge on any atom is 0.135 e. The third-order valence-corrected chi connectivity index (χ3v) is 9.39.